The summed E-state index contributed by atoms with van der Waals surface area (Å²) in [6, 6.07) is 14.7. The second-order valence-corrected chi connectivity index (χ2v) is 22.2. The molecular formula is C53H60N3O6S2-. The van der Waals surface area contributed by atoms with E-state index in [0.717, 1.165) is 59.3 Å². The number of ketones is 1. The Hall–Kier alpha value is -4.44. The molecule has 3 aromatic rings. The average molecular weight is 899 g/mol. The van der Waals surface area contributed by atoms with Crippen molar-refractivity contribution >= 4 is 33.1 Å². The van der Waals surface area contributed by atoms with Crippen molar-refractivity contribution in [2.75, 3.05) is 12.4 Å². The first-order valence-electron chi connectivity index (χ1n) is 23.0. The number of nitrogens with zero attached hydrogens (tertiary/aromatic N) is 1. The molecule has 3 fully saturated rings. The number of nitrogens with two attached hydrogens (primary N) is 2. The molecule has 8 bridgehead atoms. The van der Waals surface area contributed by atoms with E-state index >= 15 is 0 Å². The average Bonchev–Trinajstić information content (AvgIpc) is 3.99. The standard InChI is InChI=1S/C53H61N3O6S2/c1-51(17-2-3-18-51)28-37-13-19-53-31-52(37,29-49(53)61)20-14-38(57)10-7-33-9-12-46(59)48(24-33)62-22-16-34-8-11-45(58)43(23-34)42-27-47(60)39-15-21-56-44(39)6-4-5-35-25-41(50(54)55)36(26-40(35)42)30-63-64-32-53/h8-9,11-12,14-15,20-21,23-26,37,42,49-50,58-61H,2-3,6-7,10,13,16-19,22,27-32,54-55H2,1H3/p-1. The van der Waals surface area contributed by atoms with Gasteiger partial charge in [0.1, 0.15) is 5.75 Å². The molecule has 3 saturated carbocycles. The van der Waals surface area contributed by atoms with Crippen LogP contribution in [0.1, 0.15) is 135 Å². The van der Waals surface area contributed by atoms with Crippen LogP contribution >= 0.6 is 21.6 Å². The van der Waals surface area contributed by atoms with Gasteiger partial charge in [-0.05, 0) is 144 Å². The van der Waals surface area contributed by atoms with Crippen LogP contribution in [-0.4, -0.2) is 45.3 Å². The number of carbonyl (C=O) groups is 1. The topological polar surface area (TPSA) is 174 Å². The van der Waals surface area contributed by atoms with Gasteiger partial charge < -0.3 is 36.6 Å². The van der Waals surface area contributed by atoms with Gasteiger partial charge in [0, 0.05) is 53.0 Å². The smallest absolute Gasteiger partial charge is 0.161 e. The highest BCUT2D eigenvalue weighted by molar-refractivity contribution is 8.76. The largest absolute Gasteiger partial charge is 0.875 e. The number of hydrogen-bond acceptors (Lipinski definition) is 11. The molecule has 0 amide bonds. The van der Waals surface area contributed by atoms with Crippen molar-refractivity contribution in [3.63, 3.8) is 0 Å². The lowest BCUT2D eigenvalue weighted by Gasteiger charge is -2.46. The first-order valence-corrected chi connectivity index (χ1v) is 25.5. The van der Waals surface area contributed by atoms with Crippen LogP contribution < -0.4 is 21.3 Å². The van der Waals surface area contributed by atoms with Gasteiger partial charge in [-0.1, -0.05) is 83.5 Å². The Morgan fingerprint density at radius 2 is 1.77 bits per heavy atom. The van der Waals surface area contributed by atoms with Crippen molar-refractivity contribution in [2.45, 2.75) is 121 Å². The van der Waals surface area contributed by atoms with Crippen molar-refractivity contribution in [2.24, 2.45) is 38.6 Å². The number of phenols is 2. The summed E-state index contributed by atoms with van der Waals surface area (Å²) in [6.45, 7) is 2.68. The summed E-state index contributed by atoms with van der Waals surface area (Å²) in [5.41, 5.74) is 19.5. The second kappa shape index (κ2) is 18.4. The summed E-state index contributed by atoms with van der Waals surface area (Å²) in [4.78, 5) is 18.1. The molecule has 3 aromatic carbocycles. The van der Waals surface area contributed by atoms with Crippen LogP contribution in [0.4, 0.5) is 0 Å². The maximum Gasteiger partial charge on any atom is 0.161 e. The van der Waals surface area contributed by atoms with E-state index in [-0.39, 0.29) is 46.9 Å². The number of benzene rings is 3. The van der Waals surface area contributed by atoms with Gasteiger partial charge in [0.25, 0.3) is 0 Å². The first-order chi connectivity index (χ1) is 30.8. The molecule has 7 N–H and O–H groups in total. The zero-order valence-electron chi connectivity index (χ0n) is 36.7. The monoisotopic (exact) mass is 898 g/mol. The predicted octanol–water partition coefficient (Wildman–Crippen LogP) is 8.96. The first kappa shape index (κ1) is 44.7. The molecule has 0 radical (unpaired) electrons. The molecule has 2 heterocycles. The summed E-state index contributed by atoms with van der Waals surface area (Å²) >= 11 is 0. The maximum atomic E-state index is 14.2. The highest BCUT2D eigenvalue weighted by atomic mass is 33.1. The normalized spacial score (nSPS) is 28.0. The number of aryl methyl sites for hydroxylation is 1. The molecule has 4 aliphatic carbocycles. The fourth-order valence-electron chi connectivity index (χ4n) is 11.8. The van der Waals surface area contributed by atoms with E-state index < -0.39 is 18.2 Å². The molecule has 5 atom stereocenters. The van der Waals surface area contributed by atoms with Gasteiger partial charge >= 0.3 is 0 Å². The number of hydrogen-bond donors (Lipinski definition) is 5. The van der Waals surface area contributed by atoms with Crippen LogP contribution in [0, 0.1) is 34.0 Å². The third-order valence-electron chi connectivity index (χ3n) is 15.4. The Kier molecular flexibility index (Phi) is 12.9. The van der Waals surface area contributed by atoms with E-state index in [1.54, 1.807) is 52.1 Å². The van der Waals surface area contributed by atoms with Gasteiger partial charge in [0.15, 0.2) is 17.3 Å². The Bertz CT molecular complexity index is 2490. The van der Waals surface area contributed by atoms with Crippen molar-refractivity contribution in [1.29, 1.82) is 0 Å². The number of aromatic hydroxyl groups is 2. The molecule has 6 aliphatic rings. The second-order valence-electron chi connectivity index (χ2n) is 19.7. The molecule has 0 saturated heterocycles. The third-order valence-corrected chi connectivity index (χ3v) is 17.9. The number of fused-ring (bicyclic) bond motifs is 7. The van der Waals surface area contributed by atoms with Crippen molar-refractivity contribution in [1.82, 2.24) is 0 Å². The minimum atomic E-state index is -0.776. The lowest BCUT2D eigenvalue weighted by molar-refractivity contribution is -0.307. The summed E-state index contributed by atoms with van der Waals surface area (Å²) in [6.07, 6.45) is 17.5. The number of allylic oxidation sites excluding steroid dienone is 5. The molecule has 9 nitrogen and oxygen atoms in total. The van der Waals surface area contributed by atoms with Crippen molar-refractivity contribution in [3.8, 4) is 29.1 Å². The van der Waals surface area contributed by atoms with Gasteiger partial charge in [-0.25, -0.2) is 0 Å². The number of aliphatic hydroxyl groups excluding tert-OH is 1. The van der Waals surface area contributed by atoms with Crippen LogP contribution in [0.3, 0.4) is 0 Å². The Morgan fingerprint density at radius 3 is 2.58 bits per heavy atom. The van der Waals surface area contributed by atoms with Crippen LogP contribution in [0.5, 0.6) is 17.2 Å². The van der Waals surface area contributed by atoms with E-state index in [1.807, 2.05) is 30.3 Å². The fraction of sp³-hybridized carbons (Fsp3) is 0.472. The summed E-state index contributed by atoms with van der Waals surface area (Å²) in [5, 5.41) is 48.7. The van der Waals surface area contributed by atoms with E-state index in [1.165, 1.54) is 25.7 Å². The third kappa shape index (κ3) is 9.19. The van der Waals surface area contributed by atoms with E-state index in [9.17, 15) is 25.2 Å². The molecule has 11 heteroatoms. The van der Waals surface area contributed by atoms with Gasteiger partial charge in [0.05, 0.1) is 31.0 Å². The molecule has 5 unspecified atom stereocenters. The van der Waals surface area contributed by atoms with Crippen molar-refractivity contribution in [3.05, 3.63) is 123 Å². The molecule has 0 aromatic heterocycles. The number of aliphatic imine (C=N–C) groups is 1. The van der Waals surface area contributed by atoms with Crippen LogP contribution in [-0.2, 0) is 23.4 Å². The number of phenolic OH excluding ortho intramolecular Hbond substituents is 2. The number of rotatable bonds is 3. The highest BCUT2D eigenvalue weighted by Crippen LogP contribution is 2.65. The number of aliphatic hydroxyl groups is 1. The van der Waals surface area contributed by atoms with Gasteiger partial charge in [-0.3, -0.25) is 9.79 Å². The lowest BCUT2D eigenvalue weighted by atomic mass is 9.59. The molecule has 9 rings (SSSR count). The van der Waals surface area contributed by atoms with Gasteiger partial charge in [-0.15, -0.1) is 5.76 Å². The van der Waals surface area contributed by atoms with Gasteiger partial charge in [0.2, 0.25) is 0 Å². The number of ether oxygens (including phenoxy) is 1. The molecule has 64 heavy (non-hydrogen) atoms. The molecule has 336 valence electrons. The van der Waals surface area contributed by atoms with Crippen molar-refractivity contribution < 1.29 is 30.0 Å². The predicted molar refractivity (Wildman–Crippen MR) is 255 cm³/mol. The van der Waals surface area contributed by atoms with Crippen LogP contribution in [0.15, 0.2) is 89.3 Å². The number of carbonyl (C=O) groups excluding carboxylic acids is 1. The quantitative estimate of drug-likeness (QED) is 0.0970. The molecule has 2 aliphatic heterocycles. The van der Waals surface area contributed by atoms with E-state index in [4.69, 9.17) is 16.2 Å². The van der Waals surface area contributed by atoms with Crippen LogP contribution in [0.2, 0.25) is 0 Å². The zero-order chi connectivity index (χ0) is 44.6. The molecular weight excluding hydrogens is 839 g/mol. The van der Waals surface area contributed by atoms with Crippen LogP contribution in [0.25, 0.3) is 0 Å². The fourth-order valence-corrected chi connectivity index (χ4v) is 14.6. The Balaban J connectivity index is 1.10. The lowest BCUT2D eigenvalue weighted by Crippen LogP contribution is -2.39. The maximum absolute atomic E-state index is 14.2. The summed E-state index contributed by atoms with van der Waals surface area (Å²) in [7, 11) is 3.49. The van der Waals surface area contributed by atoms with E-state index in [2.05, 4.69) is 35.9 Å². The summed E-state index contributed by atoms with van der Waals surface area (Å²) < 4.78 is 6.17. The van der Waals surface area contributed by atoms with Gasteiger partial charge in [-0.2, -0.15) is 0 Å². The minimum Gasteiger partial charge on any atom is -0.875 e. The zero-order valence-corrected chi connectivity index (χ0v) is 38.4. The Labute approximate surface area is 385 Å². The minimum absolute atomic E-state index is 0.0169. The highest BCUT2D eigenvalue weighted by Gasteiger charge is 2.59. The Morgan fingerprint density at radius 1 is 0.969 bits per heavy atom. The summed E-state index contributed by atoms with van der Waals surface area (Å²) in [5.74, 6) is 8.22. The molecule has 0 spiro atoms. The SMILES string of the molecule is CC1(CC2CCC34CSSCc5cc6c(cc5C(N)N)C#CCC5=NC=CC5=C([O-])CC6c5cc(ccc5O)CCOc5cc(ccc5O)CCC(=O)C=CC2(CC3O)C4)CCCC1. The van der Waals surface area contributed by atoms with E-state index in [0.29, 0.717) is 77.4 Å².